The lowest BCUT2D eigenvalue weighted by atomic mass is 10.1. The van der Waals surface area contributed by atoms with Gasteiger partial charge in [-0.05, 0) is 23.6 Å². The van der Waals surface area contributed by atoms with Gasteiger partial charge in [-0.3, -0.25) is 19.7 Å². The second kappa shape index (κ2) is 7.20. The smallest absolute Gasteiger partial charge is 0.314 e. The van der Waals surface area contributed by atoms with Crippen molar-refractivity contribution in [3.05, 3.63) is 75.8 Å². The van der Waals surface area contributed by atoms with E-state index in [0.29, 0.717) is 5.69 Å². The van der Waals surface area contributed by atoms with Crippen molar-refractivity contribution in [3.63, 3.8) is 0 Å². The first kappa shape index (κ1) is 17.4. The predicted molar refractivity (Wildman–Crippen MR) is 99.3 cm³/mol. The van der Waals surface area contributed by atoms with Crippen LogP contribution in [-0.2, 0) is 9.59 Å². The topological polar surface area (TPSA) is 101 Å². The van der Waals surface area contributed by atoms with Gasteiger partial charge < -0.3 is 10.6 Å². The molecule has 3 rings (SSSR count). The molecule has 26 heavy (non-hydrogen) atoms. The summed E-state index contributed by atoms with van der Waals surface area (Å²) in [5.74, 6) is -1.84. The third-order valence-corrected chi connectivity index (χ3v) is 3.96. The minimum atomic E-state index is -0.949. The number of carbonyl (C=O) groups excluding carboxylic acids is 2. The molecular formula is C18H12ClN3O4. The van der Waals surface area contributed by atoms with Gasteiger partial charge in [-0.25, -0.2) is 0 Å². The summed E-state index contributed by atoms with van der Waals surface area (Å²) in [7, 11) is 0. The molecule has 0 radical (unpaired) electrons. The van der Waals surface area contributed by atoms with E-state index in [1.165, 1.54) is 12.1 Å². The van der Waals surface area contributed by atoms with Crippen molar-refractivity contribution in [1.82, 2.24) is 0 Å². The third-order valence-electron chi connectivity index (χ3n) is 3.64. The van der Waals surface area contributed by atoms with Crippen molar-refractivity contribution in [2.45, 2.75) is 0 Å². The van der Waals surface area contributed by atoms with Gasteiger partial charge in [0, 0.05) is 22.8 Å². The lowest BCUT2D eigenvalue weighted by molar-refractivity contribution is -0.384. The van der Waals surface area contributed by atoms with E-state index in [1.807, 2.05) is 30.3 Å². The molecule has 3 aromatic carbocycles. The van der Waals surface area contributed by atoms with Gasteiger partial charge in [0.1, 0.15) is 5.02 Å². The van der Waals surface area contributed by atoms with Crippen LogP contribution in [0.15, 0.2) is 60.7 Å². The van der Waals surface area contributed by atoms with E-state index in [1.54, 1.807) is 12.1 Å². The van der Waals surface area contributed by atoms with Gasteiger partial charge in [0.2, 0.25) is 0 Å². The first-order valence-electron chi connectivity index (χ1n) is 7.50. The maximum Gasteiger partial charge on any atom is 0.314 e. The van der Waals surface area contributed by atoms with Crippen LogP contribution in [-0.4, -0.2) is 16.7 Å². The SMILES string of the molecule is O=C(Nc1ccc(Cl)c([N+](=O)[O-])c1)C(=O)Nc1cccc2ccccc12. The zero-order valence-corrected chi connectivity index (χ0v) is 14.0. The average molecular weight is 370 g/mol. The number of amides is 2. The Morgan fingerprint density at radius 3 is 2.38 bits per heavy atom. The zero-order chi connectivity index (χ0) is 18.7. The highest BCUT2D eigenvalue weighted by Gasteiger charge is 2.18. The Morgan fingerprint density at radius 1 is 0.923 bits per heavy atom. The van der Waals surface area contributed by atoms with Gasteiger partial charge in [0.25, 0.3) is 5.69 Å². The molecule has 2 N–H and O–H groups in total. The lowest BCUT2D eigenvalue weighted by Gasteiger charge is -2.09. The summed E-state index contributed by atoms with van der Waals surface area (Å²) in [4.78, 5) is 34.5. The highest BCUT2D eigenvalue weighted by atomic mass is 35.5. The summed E-state index contributed by atoms with van der Waals surface area (Å²) >= 11 is 5.72. The molecule has 0 unspecified atom stereocenters. The molecular weight excluding hydrogens is 358 g/mol. The van der Waals surface area contributed by atoms with Gasteiger partial charge in [0.05, 0.1) is 4.92 Å². The molecule has 0 atom stereocenters. The number of nitrogens with zero attached hydrogens (tertiary/aromatic N) is 1. The standard InChI is InChI=1S/C18H12ClN3O4/c19-14-9-8-12(10-16(14)22(25)26)20-17(23)18(24)21-15-7-3-5-11-4-1-2-6-13(11)15/h1-10H,(H,20,23)(H,21,24). The molecule has 3 aromatic rings. The Balaban J connectivity index is 1.77. The molecule has 0 aliphatic carbocycles. The van der Waals surface area contributed by atoms with Gasteiger partial charge in [0.15, 0.2) is 0 Å². The predicted octanol–water partition coefficient (Wildman–Crippen LogP) is 3.98. The number of fused-ring (bicyclic) bond motifs is 1. The Kier molecular flexibility index (Phi) is 4.81. The summed E-state index contributed by atoms with van der Waals surface area (Å²) in [6.07, 6.45) is 0. The van der Waals surface area contributed by atoms with E-state index in [0.717, 1.165) is 16.8 Å². The van der Waals surface area contributed by atoms with Crippen molar-refractivity contribution in [1.29, 1.82) is 0 Å². The molecule has 7 nitrogen and oxygen atoms in total. The van der Waals surface area contributed by atoms with Crippen molar-refractivity contribution >= 4 is 51.2 Å². The minimum absolute atomic E-state index is 0.0618. The normalized spacial score (nSPS) is 10.3. The third kappa shape index (κ3) is 3.62. The van der Waals surface area contributed by atoms with Crippen LogP contribution < -0.4 is 10.6 Å². The zero-order valence-electron chi connectivity index (χ0n) is 13.2. The number of anilines is 2. The van der Waals surface area contributed by atoms with E-state index in [-0.39, 0.29) is 16.4 Å². The number of nitro benzene ring substituents is 1. The fourth-order valence-electron chi connectivity index (χ4n) is 2.43. The quantitative estimate of drug-likeness (QED) is 0.414. The Labute approximate surface area is 152 Å². The molecule has 8 heteroatoms. The highest BCUT2D eigenvalue weighted by molar-refractivity contribution is 6.44. The highest BCUT2D eigenvalue weighted by Crippen LogP contribution is 2.27. The van der Waals surface area contributed by atoms with Gasteiger partial charge >= 0.3 is 11.8 Å². The number of rotatable bonds is 3. The van der Waals surface area contributed by atoms with E-state index < -0.39 is 16.7 Å². The summed E-state index contributed by atoms with van der Waals surface area (Å²) in [6.45, 7) is 0. The molecule has 2 amide bonds. The lowest BCUT2D eigenvalue weighted by Crippen LogP contribution is -2.29. The van der Waals surface area contributed by atoms with Gasteiger partial charge in [-0.1, -0.05) is 48.0 Å². The van der Waals surface area contributed by atoms with Crippen LogP contribution in [0.25, 0.3) is 10.8 Å². The van der Waals surface area contributed by atoms with Crippen LogP contribution in [0.3, 0.4) is 0 Å². The average Bonchev–Trinajstić information content (AvgIpc) is 2.63. The fourth-order valence-corrected chi connectivity index (χ4v) is 2.62. The van der Waals surface area contributed by atoms with E-state index in [4.69, 9.17) is 11.6 Å². The van der Waals surface area contributed by atoms with Crippen molar-refractivity contribution < 1.29 is 14.5 Å². The maximum absolute atomic E-state index is 12.2. The van der Waals surface area contributed by atoms with Crippen LogP contribution >= 0.6 is 11.6 Å². The monoisotopic (exact) mass is 369 g/mol. The van der Waals surface area contributed by atoms with Crippen LogP contribution in [0.1, 0.15) is 0 Å². The van der Waals surface area contributed by atoms with Crippen LogP contribution in [0.2, 0.25) is 5.02 Å². The number of hydrogen-bond donors (Lipinski definition) is 2. The molecule has 130 valence electrons. The number of benzene rings is 3. The van der Waals surface area contributed by atoms with E-state index in [2.05, 4.69) is 10.6 Å². The number of hydrogen-bond acceptors (Lipinski definition) is 4. The number of nitro groups is 1. The summed E-state index contributed by atoms with van der Waals surface area (Å²) < 4.78 is 0. The summed E-state index contributed by atoms with van der Waals surface area (Å²) in [5, 5.41) is 17.4. The minimum Gasteiger partial charge on any atom is -0.318 e. The molecule has 0 aliphatic heterocycles. The first-order valence-corrected chi connectivity index (χ1v) is 7.87. The van der Waals surface area contributed by atoms with Crippen molar-refractivity contribution in [2.24, 2.45) is 0 Å². The van der Waals surface area contributed by atoms with Gasteiger partial charge in [-0.15, -0.1) is 0 Å². The van der Waals surface area contributed by atoms with Crippen LogP contribution in [0.5, 0.6) is 0 Å². The molecule has 0 fully saturated rings. The Morgan fingerprint density at radius 2 is 1.62 bits per heavy atom. The van der Waals surface area contributed by atoms with Gasteiger partial charge in [-0.2, -0.15) is 0 Å². The Bertz CT molecular complexity index is 1030. The fraction of sp³-hybridized carbons (Fsp3) is 0. The second-order valence-corrected chi connectivity index (χ2v) is 5.77. The summed E-state index contributed by atoms with van der Waals surface area (Å²) in [5.41, 5.74) is 0.225. The maximum atomic E-state index is 12.2. The molecule has 0 bridgehead atoms. The first-order chi connectivity index (χ1) is 12.5. The van der Waals surface area contributed by atoms with Crippen molar-refractivity contribution in [3.8, 4) is 0 Å². The van der Waals surface area contributed by atoms with Crippen LogP contribution in [0, 0.1) is 10.1 Å². The molecule has 0 aliphatic rings. The Hall–Kier alpha value is -3.45. The van der Waals surface area contributed by atoms with E-state index >= 15 is 0 Å². The number of nitrogens with one attached hydrogen (secondary N) is 2. The second-order valence-electron chi connectivity index (χ2n) is 5.36. The molecule has 0 heterocycles. The van der Waals surface area contributed by atoms with E-state index in [9.17, 15) is 19.7 Å². The number of halogens is 1. The molecule has 0 aromatic heterocycles. The number of carbonyl (C=O) groups is 2. The molecule has 0 saturated heterocycles. The van der Waals surface area contributed by atoms with Crippen molar-refractivity contribution in [2.75, 3.05) is 10.6 Å². The van der Waals surface area contributed by atoms with Crippen LogP contribution in [0.4, 0.5) is 17.1 Å². The summed E-state index contributed by atoms with van der Waals surface area (Å²) in [6, 6.07) is 16.5. The molecule has 0 saturated carbocycles. The molecule has 0 spiro atoms. The largest absolute Gasteiger partial charge is 0.318 e.